The number of benzene rings is 2. The normalized spacial score (nSPS) is 10.7. The van der Waals surface area contributed by atoms with Crippen molar-refractivity contribution in [2.75, 3.05) is 11.1 Å². The maximum absolute atomic E-state index is 12.4. The summed E-state index contributed by atoms with van der Waals surface area (Å²) in [6.07, 6.45) is 5.24. The molecule has 3 aromatic rings. The van der Waals surface area contributed by atoms with Crippen LogP contribution in [0.4, 0.5) is 5.69 Å². The SMILES string of the molecule is C=CCn1c(SCC(=O)Nc2ccc(CCCC)cc2)nnc1-c1ccccc1. The number of aryl methyl sites for hydroxylation is 1. The molecule has 3 rings (SSSR count). The van der Waals surface area contributed by atoms with Crippen molar-refractivity contribution < 1.29 is 4.79 Å². The molecule has 0 spiro atoms. The van der Waals surface area contributed by atoms with E-state index in [1.807, 2.05) is 47.0 Å². The van der Waals surface area contributed by atoms with Gasteiger partial charge in [-0.3, -0.25) is 9.36 Å². The van der Waals surface area contributed by atoms with Crippen LogP contribution in [0.5, 0.6) is 0 Å². The molecule has 0 unspecified atom stereocenters. The number of carbonyl (C=O) groups excluding carboxylic acids is 1. The molecule has 150 valence electrons. The molecule has 0 aliphatic rings. The van der Waals surface area contributed by atoms with Crippen molar-refractivity contribution in [3.8, 4) is 11.4 Å². The topological polar surface area (TPSA) is 59.8 Å². The average molecular weight is 407 g/mol. The van der Waals surface area contributed by atoms with Crippen LogP contribution < -0.4 is 5.32 Å². The number of nitrogens with zero attached hydrogens (tertiary/aromatic N) is 3. The van der Waals surface area contributed by atoms with Gasteiger partial charge in [0, 0.05) is 17.8 Å². The van der Waals surface area contributed by atoms with Gasteiger partial charge in [-0.15, -0.1) is 16.8 Å². The Morgan fingerprint density at radius 1 is 1.14 bits per heavy atom. The molecule has 1 aromatic heterocycles. The minimum absolute atomic E-state index is 0.0641. The Morgan fingerprint density at radius 2 is 1.90 bits per heavy atom. The molecule has 1 N–H and O–H groups in total. The minimum atomic E-state index is -0.0641. The summed E-state index contributed by atoms with van der Waals surface area (Å²) in [5.74, 6) is 0.976. The molecule has 0 atom stereocenters. The van der Waals surface area contributed by atoms with E-state index >= 15 is 0 Å². The first kappa shape index (κ1) is 20.9. The summed E-state index contributed by atoms with van der Waals surface area (Å²) < 4.78 is 1.98. The van der Waals surface area contributed by atoms with Crippen molar-refractivity contribution in [1.29, 1.82) is 0 Å². The van der Waals surface area contributed by atoms with E-state index < -0.39 is 0 Å². The Hall–Kier alpha value is -2.86. The lowest BCUT2D eigenvalue weighted by Crippen LogP contribution is -2.14. The lowest BCUT2D eigenvalue weighted by atomic mass is 10.1. The van der Waals surface area contributed by atoms with E-state index in [0.29, 0.717) is 11.7 Å². The highest BCUT2D eigenvalue weighted by Crippen LogP contribution is 2.24. The Balaban J connectivity index is 1.61. The van der Waals surface area contributed by atoms with Crippen molar-refractivity contribution in [2.24, 2.45) is 0 Å². The van der Waals surface area contributed by atoms with Crippen LogP contribution in [0.1, 0.15) is 25.3 Å². The van der Waals surface area contributed by atoms with Gasteiger partial charge in [0.1, 0.15) is 0 Å². The highest BCUT2D eigenvalue weighted by Gasteiger charge is 2.14. The van der Waals surface area contributed by atoms with Crippen LogP contribution in [-0.2, 0) is 17.8 Å². The maximum Gasteiger partial charge on any atom is 0.234 e. The number of anilines is 1. The van der Waals surface area contributed by atoms with Crippen LogP contribution in [0.15, 0.2) is 72.4 Å². The highest BCUT2D eigenvalue weighted by atomic mass is 32.2. The third kappa shape index (κ3) is 5.81. The second-order valence-corrected chi connectivity index (χ2v) is 7.65. The fourth-order valence-electron chi connectivity index (χ4n) is 2.95. The molecular weight excluding hydrogens is 380 g/mol. The van der Waals surface area contributed by atoms with E-state index in [9.17, 15) is 4.79 Å². The number of hydrogen-bond acceptors (Lipinski definition) is 4. The molecule has 0 bridgehead atoms. The molecule has 29 heavy (non-hydrogen) atoms. The number of carbonyl (C=O) groups is 1. The zero-order valence-electron chi connectivity index (χ0n) is 16.7. The first-order chi connectivity index (χ1) is 14.2. The number of allylic oxidation sites excluding steroid dienone is 1. The highest BCUT2D eigenvalue weighted by molar-refractivity contribution is 7.99. The first-order valence-electron chi connectivity index (χ1n) is 9.82. The molecule has 0 saturated carbocycles. The second-order valence-electron chi connectivity index (χ2n) is 6.71. The van der Waals surface area contributed by atoms with Crippen molar-refractivity contribution in [3.05, 3.63) is 72.8 Å². The van der Waals surface area contributed by atoms with E-state index in [1.165, 1.54) is 30.2 Å². The Bertz CT molecular complexity index is 935. The van der Waals surface area contributed by atoms with Crippen LogP contribution in [0.3, 0.4) is 0 Å². The number of amides is 1. The zero-order chi connectivity index (χ0) is 20.5. The third-order valence-corrected chi connectivity index (χ3v) is 5.42. The van der Waals surface area contributed by atoms with Crippen LogP contribution in [0, 0.1) is 0 Å². The molecule has 0 radical (unpaired) electrons. The van der Waals surface area contributed by atoms with Crippen molar-refractivity contribution >= 4 is 23.4 Å². The summed E-state index contributed by atoms with van der Waals surface area (Å²) in [4.78, 5) is 12.4. The smallest absolute Gasteiger partial charge is 0.234 e. The number of hydrogen-bond donors (Lipinski definition) is 1. The van der Waals surface area contributed by atoms with E-state index in [-0.39, 0.29) is 11.7 Å². The number of thioether (sulfide) groups is 1. The van der Waals surface area contributed by atoms with Gasteiger partial charge in [0.15, 0.2) is 11.0 Å². The number of nitrogens with one attached hydrogen (secondary N) is 1. The fraction of sp³-hybridized carbons (Fsp3) is 0.261. The molecule has 5 nitrogen and oxygen atoms in total. The largest absolute Gasteiger partial charge is 0.325 e. The lowest BCUT2D eigenvalue weighted by molar-refractivity contribution is -0.113. The molecule has 0 aliphatic carbocycles. The molecule has 0 saturated heterocycles. The minimum Gasteiger partial charge on any atom is -0.325 e. The molecule has 0 aliphatic heterocycles. The van der Waals surface area contributed by atoms with Crippen molar-refractivity contribution in [1.82, 2.24) is 14.8 Å². The quantitative estimate of drug-likeness (QED) is 0.371. The Morgan fingerprint density at radius 3 is 2.59 bits per heavy atom. The van der Waals surface area contributed by atoms with Gasteiger partial charge in [0.05, 0.1) is 5.75 Å². The Kier molecular flexibility index (Phi) is 7.64. The van der Waals surface area contributed by atoms with Crippen LogP contribution in [0.25, 0.3) is 11.4 Å². The monoisotopic (exact) mass is 406 g/mol. The van der Waals surface area contributed by atoms with Gasteiger partial charge < -0.3 is 5.32 Å². The van der Waals surface area contributed by atoms with Crippen molar-refractivity contribution in [2.45, 2.75) is 37.9 Å². The molecule has 1 heterocycles. The summed E-state index contributed by atoms with van der Waals surface area (Å²) in [7, 11) is 0. The predicted octanol–water partition coefficient (Wildman–Crippen LogP) is 5.20. The lowest BCUT2D eigenvalue weighted by Gasteiger charge is -2.08. The van der Waals surface area contributed by atoms with Gasteiger partial charge in [0.2, 0.25) is 5.91 Å². The zero-order valence-corrected chi connectivity index (χ0v) is 17.5. The van der Waals surface area contributed by atoms with Gasteiger partial charge in [-0.2, -0.15) is 0 Å². The summed E-state index contributed by atoms with van der Waals surface area (Å²) in [5, 5.41) is 12.2. The van der Waals surface area contributed by atoms with Crippen LogP contribution in [0.2, 0.25) is 0 Å². The number of unbranched alkanes of at least 4 members (excludes halogenated alkanes) is 1. The summed E-state index contributed by atoms with van der Waals surface area (Å²) in [6.45, 7) is 6.59. The average Bonchev–Trinajstić information content (AvgIpc) is 3.15. The first-order valence-corrected chi connectivity index (χ1v) is 10.8. The standard InChI is InChI=1S/C23H26N4OS/c1-3-5-9-18-12-14-20(15-13-18)24-21(28)17-29-23-26-25-22(27(23)16-4-2)19-10-7-6-8-11-19/h4,6-8,10-15H,2-3,5,9,16-17H2,1H3,(H,24,28). The van der Waals surface area contributed by atoms with E-state index in [0.717, 1.165) is 23.5 Å². The van der Waals surface area contributed by atoms with Gasteiger partial charge in [0.25, 0.3) is 0 Å². The molecule has 6 heteroatoms. The van der Waals surface area contributed by atoms with Gasteiger partial charge in [-0.05, 0) is 30.5 Å². The summed E-state index contributed by atoms with van der Waals surface area (Å²) in [6, 6.07) is 18.0. The van der Waals surface area contributed by atoms with E-state index in [4.69, 9.17) is 0 Å². The Labute approximate surface area is 176 Å². The van der Waals surface area contributed by atoms with Crippen LogP contribution in [-0.4, -0.2) is 26.4 Å². The molecule has 2 aromatic carbocycles. The second kappa shape index (κ2) is 10.6. The maximum atomic E-state index is 12.4. The van der Waals surface area contributed by atoms with E-state index in [2.05, 4.69) is 41.1 Å². The molecule has 1 amide bonds. The molecule has 0 fully saturated rings. The van der Waals surface area contributed by atoms with Gasteiger partial charge >= 0.3 is 0 Å². The van der Waals surface area contributed by atoms with Gasteiger partial charge in [-0.1, -0.05) is 73.6 Å². The fourth-order valence-corrected chi connectivity index (χ4v) is 3.70. The van der Waals surface area contributed by atoms with Crippen LogP contribution >= 0.6 is 11.8 Å². The number of rotatable bonds is 10. The van der Waals surface area contributed by atoms with E-state index in [1.54, 1.807) is 6.08 Å². The summed E-state index contributed by atoms with van der Waals surface area (Å²) in [5.41, 5.74) is 3.10. The van der Waals surface area contributed by atoms with Crippen molar-refractivity contribution in [3.63, 3.8) is 0 Å². The summed E-state index contributed by atoms with van der Waals surface area (Å²) >= 11 is 1.37. The molecular formula is C23H26N4OS. The predicted molar refractivity (Wildman–Crippen MR) is 120 cm³/mol. The third-order valence-electron chi connectivity index (χ3n) is 4.45. The number of aromatic nitrogens is 3. The van der Waals surface area contributed by atoms with Gasteiger partial charge in [-0.25, -0.2) is 0 Å².